The summed E-state index contributed by atoms with van der Waals surface area (Å²) in [5, 5.41) is 0.0581. The van der Waals surface area contributed by atoms with Gasteiger partial charge in [-0.15, -0.1) is 0 Å². The number of benzene rings is 1. The number of nitrogens with one attached hydrogen (secondary N) is 1. The van der Waals surface area contributed by atoms with Crippen LogP contribution in [0.4, 0.5) is 4.39 Å². The monoisotopic (exact) mass is 385 g/mol. The number of hydrogen-bond acceptors (Lipinski definition) is 5. The van der Waals surface area contributed by atoms with Gasteiger partial charge >= 0.3 is 0 Å². The second-order valence-corrected chi connectivity index (χ2v) is 8.49. The van der Waals surface area contributed by atoms with Gasteiger partial charge in [0.1, 0.15) is 5.82 Å². The Morgan fingerprint density at radius 3 is 2.80 bits per heavy atom. The summed E-state index contributed by atoms with van der Waals surface area (Å²) in [6.45, 7) is 2.85. The highest BCUT2D eigenvalue weighted by molar-refractivity contribution is 7.90. The summed E-state index contributed by atoms with van der Waals surface area (Å²) >= 11 is 6.21. The number of sulfone groups is 1. The third kappa shape index (κ3) is 3.61. The Morgan fingerprint density at radius 1 is 1.40 bits per heavy atom. The van der Waals surface area contributed by atoms with Crippen molar-refractivity contribution >= 4 is 21.4 Å². The summed E-state index contributed by atoms with van der Waals surface area (Å²) in [6, 6.07) is 3.00. The summed E-state index contributed by atoms with van der Waals surface area (Å²) in [5.74, 6) is -0.388. The average Bonchev–Trinajstić information content (AvgIpc) is 2.54. The predicted octanol–water partition coefficient (Wildman–Crippen LogP) is 1.83. The molecule has 1 aliphatic heterocycles. The lowest BCUT2D eigenvalue weighted by atomic mass is 10.1. The number of rotatable bonds is 3. The molecule has 9 heteroatoms. The van der Waals surface area contributed by atoms with E-state index in [-0.39, 0.29) is 24.1 Å². The Morgan fingerprint density at radius 2 is 2.12 bits per heavy atom. The van der Waals surface area contributed by atoms with Gasteiger partial charge in [-0.05, 0) is 18.6 Å². The minimum absolute atomic E-state index is 0.255. The molecule has 0 amide bonds. The molecule has 25 heavy (non-hydrogen) atoms. The van der Waals surface area contributed by atoms with E-state index in [1.807, 2.05) is 4.90 Å². The fraction of sp³-hybridized carbons (Fsp3) is 0.375. The van der Waals surface area contributed by atoms with Crippen molar-refractivity contribution in [2.75, 3.05) is 12.8 Å². The first kappa shape index (κ1) is 18.0. The average molecular weight is 386 g/mol. The van der Waals surface area contributed by atoms with Gasteiger partial charge in [-0.25, -0.2) is 17.8 Å². The molecule has 1 aliphatic rings. The van der Waals surface area contributed by atoms with Gasteiger partial charge in [0.2, 0.25) is 15.0 Å². The highest BCUT2D eigenvalue weighted by Gasteiger charge is 2.24. The molecule has 1 aromatic heterocycles. The van der Waals surface area contributed by atoms with Gasteiger partial charge in [0.15, 0.2) is 0 Å². The van der Waals surface area contributed by atoms with Crippen LogP contribution in [0, 0.1) is 12.7 Å². The second-order valence-electron chi connectivity index (χ2n) is 6.19. The predicted molar refractivity (Wildman–Crippen MR) is 91.9 cm³/mol. The van der Waals surface area contributed by atoms with Crippen molar-refractivity contribution in [1.29, 1.82) is 0 Å². The SMILES string of the molecule is Cc1ccc(F)c(CN2CCc3nc(S(C)(=O)=O)[nH]c(=O)c3C2)c1Cl. The Balaban J connectivity index is 1.90. The summed E-state index contributed by atoms with van der Waals surface area (Å²) in [7, 11) is -3.58. The molecule has 0 spiro atoms. The first-order valence-corrected chi connectivity index (χ1v) is 9.91. The van der Waals surface area contributed by atoms with Crippen LogP contribution in [0.5, 0.6) is 0 Å². The highest BCUT2D eigenvalue weighted by atomic mass is 35.5. The molecule has 6 nitrogen and oxygen atoms in total. The van der Waals surface area contributed by atoms with Crippen molar-refractivity contribution < 1.29 is 12.8 Å². The van der Waals surface area contributed by atoms with E-state index in [1.54, 1.807) is 13.0 Å². The molecule has 0 aliphatic carbocycles. The first-order valence-electron chi connectivity index (χ1n) is 7.65. The van der Waals surface area contributed by atoms with Crippen LogP contribution in [0.15, 0.2) is 22.1 Å². The van der Waals surface area contributed by atoms with Gasteiger partial charge < -0.3 is 0 Å². The number of fused-ring (bicyclic) bond motifs is 1. The molecule has 1 aromatic carbocycles. The van der Waals surface area contributed by atoms with Crippen molar-refractivity contribution in [3.8, 4) is 0 Å². The third-order valence-electron chi connectivity index (χ3n) is 4.24. The first-order chi connectivity index (χ1) is 11.7. The van der Waals surface area contributed by atoms with E-state index < -0.39 is 15.4 Å². The largest absolute Gasteiger partial charge is 0.297 e. The van der Waals surface area contributed by atoms with Crippen LogP contribution in [0.3, 0.4) is 0 Å². The number of aromatic amines is 1. The second kappa shape index (κ2) is 6.51. The Bertz CT molecular complexity index is 1000. The quantitative estimate of drug-likeness (QED) is 0.815. The van der Waals surface area contributed by atoms with E-state index in [9.17, 15) is 17.6 Å². The molecule has 0 saturated heterocycles. The summed E-state index contributed by atoms with van der Waals surface area (Å²) in [4.78, 5) is 20.5. The van der Waals surface area contributed by atoms with Gasteiger partial charge in [0.05, 0.1) is 16.3 Å². The molecule has 1 N–H and O–H groups in total. The van der Waals surface area contributed by atoms with E-state index in [1.165, 1.54) is 6.07 Å². The van der Waals surface area contributed by atoms with E-state index >= 15 is 0 Å². The zero-order valence-corrected chi connectivity index (χ0v) is 15.3. The van der Waals surface area contributed by atoms with E-state index in [4.69, 9.17) is 11.6 Å². The minimum Gasteiger partial charge on any atom is -0.297 e. The summed E-state index contributed by atoms with van der Waals surface area (Å²) < 4.78 is 37.3. The van der Waals surface area contributed by atoms with E-state index in [2.05, 4.69) is 9.97 Å². The lowest BCUT2D eigenvalue weighted by molar-refractivity contribution is 0.237. The number of nitrogens with zero attached hydrogens (tertiary/aromatic N) is 2. The van der Waals surface area contributed by atoms with Crippen LogP contribution >= 0.6 is 11.6 Å². The van der Waals surface area contributed by atoms with Crippen molar-refractivity contribution in [2.45, 2.75) is 31.6 Å². The maximum absolute atomic E-state index is 14.1. The molecular formula is C16H17ClFN3O3S. The van der Waals surface area contributed by atoms with Crippen LogP contribution in [0.25, 0.3) is 0 Å². The number of H-pyrrole nitrogens is 1. The molecule has 2 aromatic rings. The Hall–Kier alpha value is -1.77. The molecule has 3 rings (SSSR count). The number of aryl methyl sites for hydroxylation is 1. The topological polar surface area (TPSA) is 83.1 Å². The Labute approximate surface area is 149 Å². The third-order valence-corrected chi connectivity index (χ3v) is 5.66. The number of aromatic nitrogens is 2. The van der Waals surface area contributed by atoms with Crippen molar-refractivity contribution in [2.24, 2.45) is 0 Å². The summed E-state index contributed by atoms with van der Waals surface area (Å²) in [6.07, 6.45) is 1.40. The molecule has 0 radical (unpaired) electrons. The maximum atomic E-state index is 14.1. The van der Waals surface area contributed by atoms with E-state index in [0.29, 0.717) is 34.8 Å². The summed E-state index contributed by atoms with van der Waals surface area (Å²) in [5.41, 5.74) is 1.57. The number of halogens is 2. The van der Waals surface area contributed by atoms with Crippen LogP contribution in [0.2, 0.25) is 5.02 Å². The van der Waals surface area contributed by atoms with Crippen LogP contribution in [-0.4, -0.2) is 36.1 Å². The maximum Gasteiger partial charge on any atom is 0.256 e. The van der Waals surface area contributed by atoms with Crippen LogP contribution in [0.1, 0.15) is 22.4 Å². The number of hydrogen-bond donors (Lipinski definition) is 1. The molecular weight excluding hydrogens is 369 g/mol. The Kier molecular flexibility index (Phi) is 4.70. The standard InChI is InChI=1S/C16H17ClFN3O3S/c1-9-3-4-12(18)10(14(9)17)7-21-6-5-13-11(8-21)15(22)20-16(19-13)25(2,23)24/h3-4H,5-8H2,1-2H3,(H,19,20,22). The molecule has 0 bridgehead atoms. The van der Waals surface area contributed by atoms with Gasteiger partial charge in [-0.2, -0.15) is 0 Å². The van der Waals surface area contributed by atoms with Crippen LogP contribution < -0.4 is 5.56 Å². The molecule has 134 valence electrons. The van der Waals surface area contributed by atoms with Gasteiger partial charge in [0, 0.05) is 37.9 Å². The zero-order chi connectivity index (χ0) is 18.4. The fourth-order valence-electron chi connectivity index (χ4n) is 2.85. The van der Waals surface area contributed by atoms with Crippen molar-refractivity contribution in [1.82, 2.24) is 14.9 Å². The molecule has 0 unspecified atom stereocenters. The lowest BCUT2D eigenvalue weighted by Crippen LogP contribution is -2.36. The van der Waals surface area contributed by atoms with Gasteiger partial charge in [-0.3, -0.25) is 14.7 Å². The molecule has 0 fully saturated rings. The minimum atomic E-state index is -3.58. The van der Waals surface area contributed by atoms with E-state index in [0.717, 1.165) is 11.8 Å². The van der Waals surface area contributed by atoms with Gasteiger partial charge in [-0.1, -0.05) is 17.7 Å². The van der Waals surface area contributed by atoms with Crippen LogP contribution in [-0.2, 0) is 29.3 Å². The smallest absolute Gasteiger partial charge is 0.256 e. The molecule has 0 saturated carbocycles. The molecule has 2 heterocycles. The van der Waals surface area contributed by atoms with Gasteiger partial charge in [0.25, 0.3) is 5.56 Å². The fourth-order valence-corrected chi connectivity index (χ4v) is 3.62. The normalized spacial score (nSPS) is 15.2. The zero-order valence-electron chi connectivity index (χ0n) is 13.8. The van der Waals surface area contributed by atoms with Crippen molar-refractivity contribution in [3.05, 3.63) is 55.7 Å². The highest BCUT2D eigenvalue weighted by Crippen LogP contribution is 2.26. The molecule has 0 atom stereocenters. The van der Waals surface area contributed by atoms with Crippen molar-refractivity contribution in [3.63, 3.8) is 0 Å². The lowest BCUT2D eigenvalue weighted by Gasteiger charge is -2.28.